The lowest BCUT2D eigenvalue weighted by atomic mass is 9.98. The summed E-state index contributed by atoms with van der Waals surface area (Å²) in [5.74, 6) is 0.487. The Labute approximate surface area is 125 Å². The summed E-state index contributed by atoms with van der Waals surface area (Å²) < 4.78 is 5.54. The van der Waals surface area contributed by atoms with Crippen LogP contribution in [-0.2, 0) is 4.79 Å². The Hall–Kier alpha value is -1.59. The lowest BCUT2D eigenvalue weighted by molar-refractivity contribution is -0.125. The van der Waals surface area contributed by atoms with E-state index in [0.29, 0.717) is 6.42 Å². The molecule has 0 aliphatic carbocycles. The molecule has 0 aliphatic rings. The molecule has 0 saturated carbocycles. The molecule has 0 fully saturated rings. The Bertz CT molecular complexity index is 461. The Morgan fingerprint density at radius 1 is 1.24 bits per heavy atom. The van der Waals surface area contributed by atoms with E-state index in [1.165, 1.54) is 5.56 Å². The zero-order valence-corrected chi connectivity index (χ0v) is 13.0. The van der Waals surface area contributed by atoms with E-state index in [4.69, 9.17) is 4.74 Å². The Morgan fingerprint density at radius 3 is 2.43 bits per heavy atom. The minimum Gasteiger partial charge on any atom is -0.493 e. The van der Waals surface area contributed by atoms with Gasteiger partial charge in [0.05, 0.1) is 31.8 Å². The molecule has 5 heteroatoms. The molecule has 1 aromatic carbocycles. The third-order valence-corrected chi connectivity index (χ3v) is 3.76. The van der Waals surface area contributed by atoms with Crippen molar-refractivity contribution in [2.45, 2.75) is 39.2 Å². The smallest absolute Gasteiger partial charge is 0.224 e. The lowest BCUT2D eigenvalue weighted by Gasteiger charge is -2.29. The van der Waals surface area contributed by atoms with Gasteiger partial charge in [-0.1, -0.05) is 13.0 Å². The van der Waals surface area contributed by atoms with Gasteiger partial charge in [-0.05, 0) is 43.5 Å². The topological polar surface area (TPSA) is 78.8 Å². The predicted molar refractivity (Wildman–Crippen MR) is 81.4 cm³/mol. The van der Waals surface area contributed by atoms with Gasteiger partial charge >= 0.3 is 0 Å². The van der Waals surface area contributed by atoms with E-state index in [9.17, 15) is 15.0 Å². The summed E-state index contributed by atoms with van der Waals surface area (Å²) >= 11 is 0. The van der Waals surface area contributed by atoms with E-state index in [-0.39, 0.29) is 32.1 Å². The van der Waals surface area contributed by atoms with Crippen LogP contribution >= 0.6 is 0 Å². The van der Waals surface area contributed by atoms with Crippen molar-refractivity contribution in [1.29, 1.82) is 0 Å². The van der Waals surface area contributed by atoms with Gasteiger partial charge in [0.2, 0.25) is 5.91 Å². The van der Waals surface area contributed by atoms with Crippen LogP contribution in [0.1, 0.15) is 30.9 Å². The Kier molecular flexibility index (Phi) is 6.65. The molecule has 0 saturated heterocycles. The largest absolute Gasteiger partial charge is 0.493 e. The second-order valence-corrected chi connectivity index (χ2v) is 5.34. The SMILES string of the molecule is CCC(CO)(CO)NC(=O)CCOc1ccc(C)c(C)c1. The minimum atomic E-state index is -0.947. The quantitative estimate of drug-likeness (QED) is 0.676. The van der Waals surface area contributed by atoms with Gasteiger partial charge in [0, 0.05) is 0 Å². The van der Waals surface area contributed by atoms with Crippen LogP contribution < -0.4 is 10.1 Å². The van der Waals surface area contributed by atoms with Crippen molar-refractivity contribution in [3.63, 3.8) is 0 Å². The summed E-state index contributed by atoms with van der Waals surface area (Å²) in [5, 5.41) is 21.2. The normalized spacial score (nSPS) is 11.3. The first-order chi connectivity index (χ1) is 9.96. The van der Waals surface area contributed by atoms with E-state index < -0.39 is 5.54 Å². The molecule has 0 atom stereocenters. The summed E-state index contributed by atoms with van der Waals surface area (Å²) in [5.41, 5.74) is 1.39. The summed E-state index contributed by atoms with van der Waals surface area (Å²) in [4.78, 5) is 11.8. The molecule has 5 nitrogen and oxygen atoms in total. The molecule has 1 amide bonds. The molecule has 0 heterocycles. The highest BCUT2D eigenvalue weighted by atomic mass is 16.5. The standard InChI is InChI=1S/C16H25NO4/c1-4-16(10-18,11-19)17-15(20)7-8-21-14-6-5-12(2)13(3)9-14/h5-6,9,18-19H,4,7-8,10-11H2,1-3H3,(H,17,20). The molecule has 21 heavy (non-hydrogen) atoms. The summed E-state index contributed by atoms with van der Waals surface area (Å²) in [6.45, 7) is 5.52. The molecular weight excluding hydrogens is 270 g/mol. The molecule has 0 radical (unpaired) electrons. The number of aliphatic hydroxyl groups is 2. The maximum absolute atomic E-state index is 11.8. The van der Waals surface area contributed by atoms with Crippen LogP contribution in [0.25, 0.3) is 0 Å². The number of aryl methyl sites for hydroxylation is 2. The van der Waals surface area contributed by atoms with Crippen LogP contribution in [0, 0.1) is 13.8 Å². The zero-order valence-electron chi connectivity index (χ0n) is 13.0. The molecule has 0 spiro atoms. The molecule has 0 aromatic heterocycles. The number of hydrogen-bond acceptors (Lipinski definition) is 4. The number of nitrogens with one attached hydrogen (secondary N) is 1. The number of ether oxygens (including phenoxy) is 1. The fourth-order valence-corrected chi connectivity index (χ4v) is 1.86. The van der Waals surface area contributed by atoms with E-state index in [1.807, 2.05) is 32.0 Å². The number of carbonyl (C=O) groups is 1. The van der Waals surface area contributed by atoms with Gasteiger partial charge in [-0.3, -0.25) is 4.79 Å². The van der Waals surface area contributed by atoms with E-state index in [1.54, 1.807) is 6.92 Å². The second kappa shape index (κ2) is 8.00. The molecule has 0 aliphatic heterocycles. The number of hydrogen-bond donors (Lipinski definition) is 3. The van der Waals surface area contributed by atoms with Gasteiger partial charge in [-0.2, -0.15) is 0 Å². The molecule has 1 aromatic rings. The highest BCUT2D eigenvalue weighted by molar-refractivity contribution is 5.77. The first-order valence-corrected chi connectivity index (χ1v) is 7.19. The maximum Gasteiger partial charge on any atom is 0.224 e. The monoisotopic (exact) mass is 295 g/mol. The third-order valence-electron chi connectivity index (χ3n) is 3.76. The van der Waals surface area contributed by atoms with Crippen molar-refractivity contribution in [1.82, 2.24) is 5.32 Å². The van der Waals surface area contributed by atoms with Gasteiger partial charge < -0.3 is 20.3 Å². The molecule has 0 bridgehead atoms. The van der Waals surface area contributed by atoms with Crippen molar-refractivity contribution in [2.75, 3.05) is 19.8 Å². The van der Waals surface area contributed by atoms with Crippen LogP contribution in [0.2, 0.25) is 0 Å². The number of carbonyl (C=O) groups excluding carboxylic acids is 1. The number of amides is 1. The molecule has 1 rings (SSSR count). The number of rotatable bonds is 8. The van der Waals surface area contributed by atoms with E-state index in [0.717, 1.165) is 11.3 Å². The van der Waals surface area contributed by atoms with Crippen LogP contribution in [0.15, 0.2) is 18.2 Å². The number of benzene rings is 1. The van der Waals surface area contributed by atoms with Gasteiger partial charge in [0.1, 0.15) is 5.75 Å². The zero-order chi connectivity index (χ0) is 15.9. The highest BCUT2D eigenvalue weighted by Crippen LogP contribution is 2.16. The van der Waals surface area contributed by atoms with Crippen LogP contribution in [0.4, 0.5) is 0 Å². The summed E-state index contributed by atoms with van der Waals surface area (Å²) in [7, 11) is 0. The second-order valence-electron chi connectivity index (χ2n) is 5.34. The van der Waals surface area contributed by atoms with Crippen molar-refractivity contribution in [3.05, 3.63) is 29.3 Å². The van der Waals surface area contributed by atoms with Crippen LogP contribution in [0.3, 0.4) is 0 Å². The Balaban J connectivity index is 2.44. The maximum atomic E-state index is 11.8. The van der Waals surface area contributed by atoms with Crippen molar-refractivity contribution < 1.29 is 19.7 Å². The van der Waals surface area contributed by atoms with E-state index >= 15 is 0 Å². The van der Waals surface area contributed by atoms with E-state index in [2.05, 4.69) is 5.32 Å². The lowest BCUT2D eigenvalue weighted by Crippen LogP contribution is -2.54. The minimum absolute atomic E-state index is 0.175. The Morgan fingerprint density at radius 2 is 1.90 bits per heavy atom. The third kappa shape index (κ3) is 5.02. The predicted octanol–water partition coefficient (Wildman–Crippen LogP) is 1.32. The van der Waals surface area contributed by atoms with Crippen molar-refractivity contribution >= 4 is 5.91 Å². The summed E-state index contributed by atoms with van der Waals surface area (Å²) in [6, 6.07) is 5.79. The average molecular weight is 295 g/mol. The van der Waals surface area contributed by atoms with Crippen LogP contribution in [0.5, 0.6) is 5.75 Å². The summed E-state index contributed by atoms with van der Waals surface area (Å²) in [6.07, 6.45) is 0.637. The highest BCUT2D eigenvalue weighted by Gasteiger charge is 2.28. The molecule has 0 unspecified atom stereocenters. The average Bonchev–Trinajstić information content (AvgIpc) is 2.48. The van der Waals surface area contributed by atoms with Crippen molar-refractivity contribution in [3.8, 4) is 5.75 Å². The first kappa shape index (κ1) is 17.5. The molecule has 118 valence electrons. The molecule has 3 N–H and O–H groups in total. The van der Waals surface area contributed by atoms with Crippen LogP contribution in [-0.4, -0.2) is 41.5 Å². The van der Waals surface area contributed by atoms with Crippen molar-refractivity contribution in [2.24, 2.45) is 0 Å². The van der Waals surface area contributed by atoms with Gasteiger partial charge in [-0.25, -0.2) is 0 Å². The molecular formula is C16H25NO4. The van der Waals surface area contributed by atoms with Gasteiger partial charge in [0.15, 0.2) is 0 Å². The number of aliphatic hydroxyl groups excluding tert-OH is 2. The fourth-order valence-electron chi connectivity index (χ4n) is 1.86. The fraction of sp³-hybridized carbons (Fsp3) is 0.562. The first-order valence-electron chi connectivity index (χ1n) is 7.19. The van der Waals surface area contributed by atoms with Gasteiger partial charge in [0.25, 0.3) is 0 Å². The van der Waals surface area contributed by atoms with Gasteiger partial charge in [-0.15, -0.1) is 0 Å².